The van der Waals surface area contributed by atoms with Gasteiger partial charge in [-0.25, -0.2) is 4.39 Å². The summed E-state index contributed by atoms with van der Waals surface area (Å²) in [4.78, 5) is 32.1. The molecule has 0 radical (unpaired) electrons. The molecule has 2 amide bonds. The molecule has 38 heavy (non-hydrogen) atoms. The van der Waals surface area contributed by atoms with Crippen LogP contribution in [0.25, 0.3) is 11.1 Å². The smallest absolute Gasteiger partial charge is 0.255 e. The quantitative estimate of drug-likeness (QED) is 0.508. The van der Waals surface area contributed by atoms with Gasteiger partial charge < -0.3 is 25.0 Å². The monoisotopic (exact) mass is 518 g/mol. The average Bonchev–Trinajstić information content (AvgIpc) is 2.95. The number of aromatic nitrogens is 1. The summed E-state index contributed by atoms with van der Waals surface area (Å²) in [6.45, 7) is 5.63. The molecule has 198 valence electrons. The lowest BCUT2D eigenvalue weighted by Gasteiger charge is -2.29. The maximum absolute atomic E-state index is 14.4. The van der Waals surface area contributed by atoms with Crippen molar-refractivity contribution in [1.82, 2.24) is 10.3 Å². The molecule has 3 aromatic rings. The van der Waals surface area contributed by atoms with Gasteiger partial charge in [-0.1, -0.05) is 12.1 Å². The summed E-state index contributed by atoms with van der Waals surface area (Å²) in [5, 5.41) is 5.91. The van der Waals surface area contributed by atoms with Gasteiger partial charge in [0.1, 0.15) is 5.82 Å². The average molecular weight is 519 g/mol. The number of hydrogen-bond donors (Lipinski definition) is 2. The van der Waals surface area contributed by atoms with Crippen molar-refractivity contribution in [2.24, 2.45) is 0 Å². The molecule has 1 aromatic heterocycles. The first-order valence-electron chi connectivity index (χ1n) is 12.9. The highest BCUT2D eigenvalue weighted by atomic mass is 19.1. The fraction of sp³-hybridized carbons (Fsp3) is 0.345. The number of rotatable bonds is 6. The molecule has 2 aliphatic heterocycles. The Morgan fingerprint density at radius 3 is 2.37 bits per heavy atom. The maximum atomic E-state index is 14.4. The van der Waals surface area contributed by atoms with Crippen LogP contribution in [0.15, 0.2) is 54.7 Å². The first kappa shape index (κ1) is 25.8. The van der Waals surface area contributed by atoms with E-state index in [2.05, 4.69) is 15.6 Å². The van der Waals surface area contributed by atoms with Crippen LogP contribution in [-0.4, -0.2) is 62.4 Å². The van der Waals surface area contributed by atoms with Crippen LogP contribution in [0.3, 0.4) is 0 Å². The van der Waals surface area contributed by atoms with E-state index in [9.17, 15) is 14.0 Å². The summed E-state index contributed by atoms with van der Waals surface area (Å²) in [5.41, 5.74) is 4.44. The van der Waals surface area contributed by atoms with Gasteiger partial charge in [0.25, 0.3) is 11.8 Å². The molecule has 0 unspecified atom stereocenters. The van der Waals surface area contributed by atoms with Crippen molar-refractivity contribution in [1.29, 1.82) is 0 Å². The molecule has 2 fully saturated rings. The third-order valence-corrected chi connectivity index (χ3v) is 6.88. The van der Waals surface area contributed by atoms with Crippen LogP contribution in [0.5, 0.6) is 0 Å². The molecule has 5 rings (SSSR count). The number of amides is 2. The standard InChI is InChI=1S/C29H31FN4O4/c1-19-27(20-2-4-21(5-3-20)28(35)32-24-6-10-37-11-7-24)17-25(18-31-19)33-29(36)22-14-23(30)16-26(15-22)34-8-12-38-13-9-34/h2-5,14-18,24H,6-13H2,1H3,(H,32,35)(H,33,36). The Hall–Kier alpha value is -3.82. The summed E-state index contributed by atoms with van der Waals surface area (Å²) in [7, 11) is 0. The summed E-state index contributed by atoms with van der Waals surface area (Å²) in [5.74, 6) is -0.996. The van der Waals surface area contributed by atoms with E-state index in [0.717, 1.165) is 29.7 Å². The van der Waals surface area contributed by atoms with Crippen molar-refractivity contribution in [3.8, 4) is 11.1 Å². The number of anilines is 2. The minimum absolute atomic E-state index is 0.106. The number of ether oxygens (including phenoxy) is 2. The van der Waals surface area contributed by atoms with Crippen LogP contribution in [0, 0.1) is 12.7 Å². The third-order valence-electron chi connectivity index (χ3n) is 6.88. The van der Waals surface area contributed by atoms with Gasteiger partial charge in [0.2, 0.25) is 0 Å². The SMILES string of the molecule is Cc1ncc(NC(=O)c2cc(F)cc(N3CCOCC3)c2)cc1-c1ccc(C(=O)NC2CCOCC2)cc1. The third kappa shape index (κ3) is 6.17. The fourth-order valence-electron chi connectivity index (χ4n) is 4.72. The molecule has 2 N–H and O–H groups in total. The van der Waals surface area contributed by atoms with E-state index in [1.54, 1.807) is 24.4 Å². The Morgan fingerprint density at radius 1 is 0.921 bits per heavy atom. The zero-order valence-electron chi connectivity index (χ0n) is 21.3. The number of aryl methyl sites for hydroxylation is 1. The molecule has 2 aromatic carbocycles. The predicted octanol–water partition coefficient (Wildman–Crippen LogP) is 4.19. The van der Waals surface area contributed by atoms with Crippen LogP contribution >= 0.6 is 0 Å². The molecule has 2 saturated heterocycles. The van der Waals surface area contributed by atoms with E-state index in [4.69, 9.17) is 9.47 Å². The first-order valence-corrected chi connectivity index (χ1v) is 12.9. The van der Waals surface area contributed by atoms with Crippen molar-refractivity contribution in [3.05, 3.63) is 77.4 Å². The van der Waals surface area contributed by atoms with Crippen molar-refractivity contribution in [3.63, 3.8) is 0 Å². The molecule has 9 heteroatoms. The molecule has 2 aliphatic rings. The Balaban J connectivity index is 1.29. The number of halogens is 1. The largest absolute Gasteiger partial charge is 0.381 e. The number of carbonyl (C=O) groups is 2. The zero-order valence-corrected chi connectivity index (χ0v) is 21.3. The summed E-state index contributed by atoms with van der Waals surface area (Å²) in [6.07, 6.45) is 3.21. The number of nitrogens with one attached hydrogen (secondary N) is 2. The van der Waals surface area contributed by atoms with Gasteiger partial charge in [-0.3, -0.25) is 14.6 Å². The molecule has 0 atom stereocenters. The van der Waals surface area contributed by atoms with Gasteiger partial charge in [0, 0.05) is 60.4 Å². The van der Waals surface area contributed by atoms with E-state index >= 15 is 0 Å². The van der Waals surface area contributed by atoms with Crippen molar-refractivity contribution >= 4 is 23.2 Å². The molecule has 3 heterocycles. The fourth-order valence-corrected chi connectivity index (χ4v) is 4.72. The number of benzene rings is 2. The lowest BCUT2D eigenvalue weighted by molar-refractivity contribution is 0.0696. The summed E-state index contributed by atoms with van der Waals surface area (Å²) >= 11 is 0. The minimum atomic E-state index is -0.470. The molecule has 0 saturated carbocycles. The highest BCUT2D eigenvalue weighted by molar-refractivity contribution is 6.05. The van der Waals surface area contributed by atoms with Gasteiger partial charge in [-0.05, 0) is 61.7 Å². The van der Waals surface area contributed by atoms with E-state index in [0.29, 0.717) is 56.5 Å². The molecular formula is C29H31FN4O4. The van der Waals surface area contributed by atoms with E-state index < -0.39 is 11.7 Å². The van der Waals surface area contributed by atoms with Crippen LogP contribution in [-0.2, 0) is 9.47 Å². The Bertz CT molecular complexity index is 1300. The Kier molecular flexibility index (Phi) is 7.95. The zero-order chi connectivity index (χ0) is 26.5. The van der Waals surface area contributed by atoms with Gasteiger partial charge in [-0.2, -0.15) is 0 Å². The number of carbonyl (C=O) groups excluding carboxylic acids is 2. The van der Waals surface area contributed by atoms with Gasteiger partial charge in [-0.15, -0.1) is 0 Å². The number of pyridine rings is 1. The van der Waals surface area contributed by atoms with Crippen LogP contribution < -0.4 is 15.5 Å². The van der Waals surface area contributed by atoms with Crippen molar-refractivity contribution in [2.45, 2.75) is 25.8 Å². The van der Waals surface area contributed by atoms with E-state index in [1.165, 1.54) is 12.1 Å². The van der Waals surface area contributed by atoms with Gasteiger partial charge in [0.05, 0.1) is 25.1 Å². The Labute approximate surface area is 221 Å². The topological polar surface area (TPSA) is 92.8 Å². The number of morpholine rings is 1. The summed E-state index contributed by atoms with van der Waals surface area (Å²) < 4.78 is 25.1. The lowest BCUT2D eigenvalue weighted by Crippen LogP contribution is -2.38. The highest BCUT2D eigenvalue weighted by Gasteiger charge is 2.18. The predicted molar refractivity (Wildman–Crippen MR) is 143 cm³/mol. The van der Waals surface area contributed by atoms with Crippen LogP contribution in [0.2, 0.25) is 0 Å². The molecule has 0 spiro atoms. The van der Waals surface area contributed by atoms with Crippen molar-refractivity contribution < 1.29 is 23.5 Å². The van der Waals surface area contributed by atoms with Gasteiger partial charge in [0.15, 0.2) is 0 Å². The van der Waals surface area contributed by atoms with Crippen molar-refractivity contribution in [2.75, 3.05) is 49.7 Å². The molecule has 0 bridgehead atoms. The molecule has 8 nitrogen and oxygen atoms in total. The second-order valence-electron chi connectivity index (χ2n) is 9.55. The van der Waals surface area contributed by atoms with E-state index in [-0.39, 0.29) is 17.5 Å². The maximum Gasteiger partial charge on any atom is 0.255 e. The Morgan fingerprint density at radius 2 is 1.63 bits per heavy atom. The number of nitrogens with zero attached hydrogens (tertiary/aromatic N) is 2. The van der Waals surface area contributed by atoms with Crippen LogP contribution in [0.4, 0.5) is 15.8 Å². The first-order chi connectivity index (χ1) is 18.5. The van der Waals surface area contributed by atoms with Crippen LogP contribution in [0.1, 0.15) is 39.3 Å². The van der Waals surface area contributed by atoms with E-state index in [1.807, 2.05) is 30.0 Å². The molecular weight excluding hydrogens is 487 g/mol. The lowest BCUT2D eigenvalue weighted by atomic mass is 10.0. The highest BCUT2D eigenvalue weighted by Crippen LogP contribution is 2.27. The number of hydrogen-bond acceptors (Lipinski definition) is 6. The molecule has 0 aliphatic carbocycles. The second kappa shape index (κ2) is 11.7. The normalized spacial score (nSPS) is 16.2. The second-order valence-corrected chi connectivity index (χ2v) is 9.55. The minimum Gasteiger partial charge on any atom is -0.381 e. The summed E-state index contributed by atoms with van der Waals surface area (Å²) in [6, 6.07) is 13.6. The van der Waals surface area contributed by atoms with Gasteiger partial charge >= 0.3 is 0 Å².